The van der Waals surface area contributed by atoms with Crippen LogP contribution in [0.1, 0.15) is 47.3 Å². The van der Waals surface area contributed by atoms with Crippen molar-refractivity contribution < 1.29 is 33.0 Å². The molecule has 0 spiro atoms. The number of hydrogen-bond acceptors (Lipinski definition) is 7. The predicted molar refractivity (Wildman–Crippen MR) is 162 cm³/mol. The van der Waals surface area contributed by atoms with Crippen LogP contribution < -0.4 is 20.1 Å². The first-order chi connectivity index (χ1) is 21.8. The van der Waals surface area contributed by atoms with E-state index in [0.717, 1.165) is 5.69 Å². The van der Waals surface area contributed by atoms with Gasteiger partial charge in [-0.25, -0.2) is 4.39 Å². The summed E-state index contributed by atoms with van der Waals surface area (Å²) in [7, 11) is 1.44. The predicted octanol–water partition coefficient (Wildman–Crippen LogP) is 3.43. The number of methoxy groups -OCH3 is 1. The van der Waals surface area contributed by atoms with E-state index in [-0.39, 0.29) is 78.9 Å². The molecule has 236 valence electrons. The number of benzene rings is 2. The van der Waals surface area contributed by atoms with Gasteiger partial charge in [-0.1, -0.05) is 12.1 Å². The van der Waals surface area contributed by atoms with Crippen molar-refractivity contribution in [3.63, 3.8) is 0 Å². The Morgan fingerprint density at radius 1 is 1.04 bits per heavy atom. The molecule has 1 fully saturated rings. The van der Waals surface area contributed by atoms with Crippen LogP contribution in [-0.4, -0.2) is 71.7 Å². The van der Waals surface area contributed by atoms with Crippen LogP contribution in [-0.2, 0) is 27.5 Å². The summed E-state index contributed by atoms with van der Waals surface area (Å²) in [4.78, 5) is 59.7. The van der Waals surface area contributed by atoms with E-state index in [1.165, 1.54) is 25.3 Å². The van der Waals surface area contributed by atoms with Crippen molar-refractivity contribution in [3.8, 4) is 17.2 Å². The maximum Gasteiger partial charge on any atom is 0.251 e. The fraction of sp³-hybridized carbons (Fsp3) is 0.364. The molecule has 2 aromatic carbocycles. The maximum absolute atomic E-state index is 14.8. The molecule has 6 rings (SSSR count). The number of aromatic nitrogens is 1. The fourth-order valence-electron chi connectivity index (χ4n) is 5.47. The zero-order valence-electron chi connectivity index (χ0n) is 25.1. The lowest BCUT2D eigenvalue weighted by molar-refractivity contribution is -0.136. The number of pyridine rings is 1. The summed E-state index contributed by atoms with van der Waals surface area (Å²) in [6, 6.07) is 14.5. The van der Waals surface area contributed by atoms with Crippen LogP contribution in [0, 0.1) is 11.7 Å². The summed E-state index contributed by atoms with van der Waals surface area (Å²) in [5, 5.41) is 5.62. The van der Waals surface area contributed by atoms with Gasteiger partial charge < -0.3 is 29.9 Å². The normalized spacial score (nSPS) is 18.2. The molecule has 2 N–H and O–H groups in total. The van der Waals surface area contributed by atoms with Gasteiger partial charge in [-0.05, 0) is 55.3 Å². The van der Waals surface area contributed by atoms with Crippen LogP contribution >= 0.6 is 0 Å². The van der Waals surface area contributed by atoms with Gasteiger partial charge in [0.15, 0.2) is 11.5 Å². The number of likely N-dealkylation sites (tertiary alicyclic amines) is 1. The van der Waals surface area contributed by atoms with E-state index in [2.05, 4.69) is 15.6 Å². The van der Waals surface area contributed by atoms with Crippen molar-refractivity contribution in [2.45, 2.75) is 38.8 Å². The van der Waals surface area contributed by atoms with Gasteiger partial charge in [0.05, 0.1) is 25.3 Å². The molecule has 1 unspecified atom stereocenters. The lowest BCUT2D eigenvalue weighted by Gasteiger charge is -2.26. The summed E-state index contributed by atoms with van der Waals surface area (Å²) in [5.74, 6) is -1.22. The zero-order chi connectivity index (χ0) is 31.8. The van der Waals surface area contributed by atoms with E-state index < -0.39 is 11.7 Å². The minimum absolute atomic E-state index is 0.101. The molecule has 1 saturated heterocycles. The summed E-state index contributed by atoms with van der Waals surface area (Å²) in [6.45, 7) is 1.43. The number of carbonyl (C=O) groups excluding carboxylic acids is 4. The Bertz CT molecular complexity index is 1550. The molecule has 12 heteroatoms. The second kappa shape index (κ2) is 14.7. The molecule has 0 saturated carbocycles. The lowest BCUT2D eigenvalue weighted by Crippen LogP contribution is -2.40. The second-order valence-electron chi connectivity index (χ2n) is 11.0. The molecule has 1 atom stereocenters. The van der Waals surface area contributed by atoms with Crippen LogP contribution in [0.15, 0.2) is 60.8 Å². The highest BCUT2D eigenvalue weighted by molar-refractivity contribution is 5.95. The number of halogens is 1. The number of amides is 4. The minimum atomic E-state index is -0.548. The average molecular weight is 618 g/mol. The van der Waals surface area contributed by atoms with Gasteiger partial charge in [0.1, 0.15) is 11.6 Å². The Labute approximate surface area is 260 Å². The first-order valence-electron chi connectivity index (χ1n) is 15.0. The van der Waals surface area contributed by atoms with Crippen LogP contribution in [0.3, 0.4) is 0 Å². The summed E-state index contributed by atoms with van der Waals surface area (Å²) >= 11 is 0. The summed E-state index contributed by atoms with van der Waals surface area (Å²) in [6.07, 6.45) is 2.70. The molecule has 4 amide bonds. The van der Waals surface area contributed by atoms with Gasteiger partial charge >= 0.3 is 0 Å². The van der Waals surface area contributed by atoms with E-state index in [1.54, 1.807) is 40.3 Å². The standard InChI is InChI=1S/C33H36FN5O6/c1-44-29-17-22-11-12-28(29)45-27-9-4-8-26(34)25(27)19-37-30(40)10-5-15-38(16-6-14-36-32(22)42)33(43)23-18-31(41)39(20-23)21-24-7-2-3-13-35-24/h2-4,7-9,11-13,17,23H,5-6,10,14-16,18-21H2,1H3,(H,36,42)(H,37,40). The van der Waals surface area contributed by atoms with E-state index in [4.69, 9.17) is 9.47 Å². The summed E-state index contributed by atoms with van der Waals surface area (Å²) in [5.41, 5.74) is 1.24. The molecule has 4 heterocycles. The smallest absolute Gasteiger partial charge is 0.251 e. The molecule has 3 aliphatic heterocycles. The average Bonchev–Trinajstić information content (AvgIpc) is 3.41. The third kappa shape index (κ3) is 7.94. The van der Waals surface area contributed by atoms with Crippen molar-refractivity contribution >= 4 is 23.6 Å². The molecule has 0 radical (unpaired) electrons. The number of nitrogens with zero attached hydrogens (tertiary/aromatic N) is 3. The molecule has 11 nitrogen and oxygen atoms in total. The Balaban J connectivity index is 1.31. The highest BCUT2D eigenvalue weighted by Gasteiger charge is 2.36. The van der Waals surface area contributed by atoms with Gasteiger partial charge in [0.2, 0.25) is 17.7 Å². The topological polar surface area (TPSA) is 130 Å². The van der Waals surface area contributed by atoms with Gasteiger partial charge in [0, 0.05) is 62.9 Å². The van der Waals surface area contributed by atoms with Crippen LogP contribution in [0.25, 0.3) is 0 Å². The summed E-state index contributed by atoms with van der Waals surface area (Å²) < 4.78 is 26.2. The lowest BCUT2D eigenvalue weighted by atomic mass is 10.1. The SMILES string of the molecule is COc1cc2ccc1Oc1cccc(F)c1CNC(=O)CCCN(C(=O)C1CC(=O)N(Cc3ccccn3)C1)CCCNC2=O. The van der Waals surface area contributed by atoms with Crippen LogP contribution in [0.4, 0.5) is 4.39 Å². The van der Waals surface area contributed by atoms with Crippen molar-refractivity contribution in [1.82, 2.24) is 25.4 Å². The third-order valence-electron chi connectivity index (χ3n) is 7.86. The Hall–Kier alpha value is -5.00. The van der Waals surface area contributed by atoms with Gasteiger partial charge in [-0.2, -0.15) is 0 Å². The van der Waals surface area contributed by atoms with E-state index >= 15 is 0 Å². The number of fused-ring (bicyclic) bond motifs is 13. The van der Waals surface area contributed by atoms with Crippen molar-refractivity contribution in [2.24, 2.45) is 5.92 Å². The van der Waals surface area contributed by atoms with E-state index in [1.807, 2.05) is 12.1 Å². The number of nitrogens with one attached hydrogen (secondary N) is 2. The van der Waals surface area contributed by atoms with E-state index in [9.17, 15) is 23.6 Å². The van der Waals surface area contributed by atoms with Gasteiger partial charge in [0.25, 0.3) is 5.91 Å². The number of carbonyl (C=O) groups is 4. The van der Waals surface area contributed by atoms with Crippen LogP contribution in [0.5, 0.6) is 17.2 Å². The number of hydrogen-bond donors (Lipinski definition) is 2. The molecule has 3 aliphatic rings. The highest BCUT2D eigenvalue weighted by atomic mass is 19.1. The first-order valence-corrected chi connectivity index (χ1v) is 15.0. The molecule has 45 heavy (non-hydrogen) atoms. The Kier molecular flexibility index (Phi) is 10.2. The number of ether oxygens (including phenoxy) is 2. The quantitative estimate of drug-likeness (QED) is 0.459. The zero-order valence-corrected chi connectivity index (χ0v) is 25.1. The molecule has 2 bridgehead atoms. The van der Waals surface area contributed by atoms with Crippen molar-refractivity contribution in [2.75, 3.05) is 33.3 Å². The molecular weight excluding hydrogens is 581 g/mol. The number of rotatable bonds is 4. The molecule has 1 aromatic heterocycles. The van der Waals surface area contributed by atoms with Crippen LogP contribution in [0.2, 0.25) is 0 Å². The van der Waals surface area contributed by atoms with Crippen molar-refractivity contribution in [1.29, 1.82) is 0 Å². The Morgan fingerprint density at radius 3 is 2.69 bits per heavy atom. The van der Waals surface area contributed by atoms with Gasteiger partial charge in [-0.15, -0.1) is 0 Å². The largest absolute Gasteiger partial charge is 0.493 e. The molecular formula is C33H36FN5O6. The molecule has 0 aliphatic carbocycles. The van der Waals surface area contributed by atoms with Gasteiger partial charge in [-0.3, -0.25) is 24.2 Å². The first kappa shape index (κ1) is 31.4. The monoisotopic (exact) mass is 617 g/mol. The van der Waals surface area contributed by atoms with E-state index in [0.29, 0.717) is 38.0 Å². The minimum Gasteiger partial charge on any atom is -0.493 e. The second-order valence-corrected chi connectivity index (χ2v) is 11.0. The third-order valence-corrected chi connectivity index (χ3v) is 7.86. The molecule has 3 aromatic rings. The van der Waals surface area contributed by atoms with Crippen molar-refractivity contribution in [3.05, 3.63) is 83.4 Å². The maximum atomic E-state index is 14.8. The Morgan fingerprint density at radius 2 is 1.89 bits per heavy atom. The highest BCUT2D eigenvalue weighted by Crippen LogP contribution is 2.35. The fourth-order valence-corrected chi connectivity index (χ4v) is 5.47.